The molecule has 0 atom stereocenters. The molecule has 0 unspecified atom stereocenters. The maximum Gasteiger partial charge on any atom is 0.341 e. The van der Waals surface area contributed by atoms with E-state index in [-0.39, 0.29) is 31.2 Å². The third-order valence-corrected chi connectivity index (χ3v) is 2.48. The number of ether oxygens (including phenoxy) is 1. The van der Waals surface area contributed by atoms with E-state index in [1.165, 1.54) is 0 Å². The Balaban J connectivity index is 0.00000324. The summed E-state index contributed by atoms with van der Waals surface area (Å²) in [6.45, 7) is 3.93. The number of carboxylic acid groups (broad SMARTS) is 1. The molecular weight excluding hydrogens is 270 g/mol. The van der Waals surface area contributed by atoms with Crippen LogP contribution in [0.2, 0.25) is 0 Å². The predicted molar refractivity (Wildman–Crippen MR) is 74.8 cm³/mol. The number of para-hydroxylation sites is 1. The van der Waals surface area contributed by atoms with Gasteiger partial charge in [0.2, 0.25) is 0 Å². The van der Waals surface area contributed by atoms with Crippen LogP contribution in [0.25, 0.3) is 0 Å². The van der Waals surface area contributed by atoms with Crippen molar-refractivity contribution in [3.8, 4) is 5.75 Å². The van der Waals surface area contributed by atoms with E-state index in [1.807, 2.05) is 26.0 Å². The van der Waals surface area contributed by atoms with Crippen LogP contribution in [0.3, 0.4) is 0 Å². The number of aliphatic hydroxyl groups is 1. The third-order valence-electron chi connectivity index (χ3n) is 2.48. The van der Waals surface area contributed by atoms with Crippen LogP contribution in [0.1, 0.15) is 19.4 Å². The zero-order chi connectivity index (χ0) is 13.6. The summed E-state index contributed by atoms with van der Waals surface area (Å²) in [5.41, 5.74) is 0.472. The largest absolute Gasteiger partial charge is 0.482 e. The van der Waals surface area contributed by atoms with Gasteiger partial charge in [-0.25, -0.2) is 4.79 Å². The Morgan fingerprint density at radius 3 is 2.58 bits per heavy atom. The highest BCUT2D eigenvalue weighted by Crippen LogP contribution is 2.18. The van der Waals surface area contributed by atoms with Crippen molar-refractivity contribution in [3.63, 3.8) is 0 Å². The molecule has 0 aliphatic heterocycles. The van der Waals surface area contributed by atoms with Crippen LogP contribution in [0, 0.1) is 0 Å². The predicted octanol–water partition coefficient (Wildman–Crippen LogP) is 1.43. The number of aliphatic carboxylic acids is 1. The summed E-state index contributed by atoms with van der Waals surface area (Å²) in [5, 5.41) is 20.9. The van der Waals surface area contributed by atoms with Gasteiger partial charge in [-0.05, 0) is 19.9 Å². The summed E-state index contributed by atoms with van der Waals surface area (Å²) in [7, 11) is 0. The lowest BCUT2D eigenvalue weighted by atomic mass is 10.1. The molecule has 0 fully saturated rings. The second-order valence-electron chi connectivity index (χ2n) is 4.69. The molecule has 3 N–H and O–H groups in total. The summed E-state index contributed by atoms with van der Waals surface area (Å²) in [6, 6.07) is 7.23. The number of hydrogen-bond donors (Lipinski definition) is 3. The minimum absolute atomic E-state index is 0. The Morgan fingerprint density at radius 2 is 2.00 bits per heavy atom. The Labute approximate surface area is 119 Å². The summed E-state index contributed by atoms with van der Waals surface area (Å²) in [4.78, 5) is 10.5. The van der Waals surface area contributed by atoms with Gasteiger partial charge in [-0.3, -0.25) is 0 Å². The van der Waals surface area contributed by atoms with Gasteiger partial charge in [0.1, 0.15) is 5.75 Å². The molecule has 1 aromatic carbocycles. The first-order valence-electron chi connectivity index (χ1n) is 5.73. The molecule has 6 heteroatoms. The number of carboxylic acids is 1. The molecule has 0 spiro atoms. The molecule has 0 bridgehead atoms. The first-order valence-corrected chi connectivity index (χ1v) is 5.73. The maximum absolute atomic E-state index is 10.5. The molecule has 0 aliphatic carbocycles. The molecule has 108 valence electrons. The number of halogens is 1. The first kappa shape index (κ1) is 17.7. The van der Waals surface area contributed by atoms with Gasteiger partial charge in [-0.1, -0.05) is 18.2 Å². The lowest BCUT2D eigenvalue weighted by Gasteiger charge is -2.24. The van der Waals surface area contributed by atoms with Gasteiger partial charge in [-0.2, -0.15) is 0 Å². The molecule has 1 aromatic rings. The number of nitrogens with one attached hydrogen (secondary N) is 1. The highest BCUT2D eigenvalue weighted by Gasteiger charge is 2.16. The van der Waals surface area contributed by atoms with Gasteiger partial charge < -0.3 is 20.3 Å². The molecule has 1 rings (SSSR count). The number of rotatable bonds is 7. The molecule has 19 heavy (non-hydrogen) atoms. The van der Waals surface area contributed by atoms with Crippen LogP contribution in [-0.2, 0) is 11.3 Å². The Hall–Kier alpha value is -1.30. The van der Waals surface area contributed by atoms with Crippen LogP contribution in [0.4, 0.5) is 0 Å². The standard InChI is InChI=1S/C13H19NO4.ClH/c1-13(2,9-15)14-7-10-5-3-4-6-11(10)18-8-12(16)17;/h3-6,14-15H,7-9H2,1-2H3,(H,16,17);1H. The normalized spacial score (nSPS) is 10.7. The summed E-state index contributed by atoms with van der Waals surface area (Å²) < 4.78 is 5.20. The fourth-order valence-corrected chi connectivity index (χ4v) is 1.32. The van der Waals surface area contributed by atoms with Crippen LogP contribution in [-0.4, -0.2) is 34.9 Å². The second kappa shape index (κ2) is 7.99. The van der Waals surface area contributed by atoms with E-state index >= 15 is 0 Å². The average molecular weight is 290 g/mol. The minimum atomic E-state index is -1.01. The molecule has 0 saturated heterocycles. The fraction of sp³-hybridized carbons (Fsp3) is 0.462. The quantitative estimate of drug-likeness (QED) is 0.708. The molecule has 0 aliphatic rings. The highest BCUT2D eigenvalue weighted by molar-refractivity contribution is 5.85. The van der Waals surface area contributed by atoms with Crippen molar-refractivity contribution in [1.82, 2.24) is 5.32 Å². The van der Waals surface area contributed by atoms with Gasteiger partial charge in [0.15, 0.2) is 6.61 Å². The molecule has 0 heterocycles. The maximum atomic E-state index is 10.5. The van der Waals surface area contributed by atoms with E-state index in [2.05, 4.69) is 5.32 Å². The van der Waals surface area contributed by atoms with Crippen LogP contribution in [0.15, 0.2) is 24.3 Å². The number of aliphatic hydroxyl groups excluding tert-OH is 1. The SMILES string of the molecule is CC(C)(CO)NCc1ccccc1OCC(=O)O.Cl. The molecular formula is C13H20ClNO4. The summed E-state index contributed by atoms with van der Waals surface area (Å²) in [6.07, 6.45) is 0. The molecule has 0 radical (unpaired) electrons. The van der Waals surface area contributed by atoms with E-state index in [0.29, 0.717) is 12.3 Å². The van der Waals surface area contributed by atoms with Crippen molar-refractivity contribution in [2.75, 3.05) is 13.2 Å². The van der Waals surface area contributed by atoms with Crippen molar-refractivity contribution in [1.29, 1.82) is 0 Å². The highest BCUT2D eigenvalue weighted by atomic mass is 35.5. The topological polar surface area (TPSA) is 78.8 Å². The molecule has 0 amide bonds. The summed E-state index contributed by atoms with van der Waals surface area (Å²) >= 11 is 0. The number of carbonyl (C=O) groups is 1. The summed E-state index contributed by atoms with van der Waals surface area (Å²) in [5.74, 6) is -0.463. The van der Waals surface area contributed by atoms with Crippen molar-refractivity contribution >= 4 is 18.4 Å². The van der Waals surface area contributed by atoms with Gasteiger partial charge in [0, 0.05) is 17.6 Å². The monoisotopic (exact) mass is 289 g/mol. The van der Waals surface area contributed by atoms with E-state index in [9.17, 15) is 4.79 Å². The second-order valence-corrected chi connectivity index (χ2v) is 4.69. The number of benzene rings is 1. The van der Waals surface area contributed by atoms with Gasteiger partial charge in [0.25, 0.3) is 0 Å². The Morgan fingerprint density at radius 1 is 1.37 bits per heavy atom. The molecule has 0 aromatic heterocycles. The third kappa shape index (κ3) is 6.42. The molecule has 5 nitrogen and oxygen atoms in total. The van der Waals surface area contributed by atoms with Crippen LogP contribution >= 0.6 is 12.4 Å². The number of hydrogen-bond acceptors (Lipinski definition) is 4. The van der Waals surface area contributed by atoms with Crippen molar-refractivity contribution < 1.29 is 19.7 Å². The van der Waals surface area contributed by atoms with E-state index in [1.54, 1.807) is 12.1 Å². The minimum Gasteiger partial charge on any atom is -0.482 e. The van der Waals surface area contributed by atoms with Gasteiger partial charge in [0.05, 0.1) is 6.61 Å². The first-order chi connectivity index (χ1) is 8.44. The van der Waals surface area contributed by atoms with Crippen molar-refractivity contribution in [2.45, 2.75) is 25.9 Å². The van der Waals surface area contributed by atoms with Crippen molar-refractivity contribution in [3.05, 3.63) is 29.8 Å². The van der Waals surface area contributed by atoms with E-state index < -0.39 is 5.97 Å². The average Bonchev–Trinajstić information content (AvgIpc) is 2.35. The fourth-order valence-electron chi connectivity index (χ4n) is 1.32. The Bertz CT molecular complexity index is 409. The van der Waals surface area contributed by atoms with E-state index in [4.69, 9.17) is 14.9 Å². The van der Waals surface area contributed by atoms with Gasteiger partial charge >= 0.3 is 5.97 Å². The van der Waals surface area contributed by atoms with Crippen LogP contribution < -0.4 is 10.1 Å². The lowest BCUT2D eigenvalue weighted by molar-refractivity contribution is -0.139. The zero-order valence-electron chi connectivity index (χ0n) is 11.0. The molecule has 0 saturated carbocycles. The van der Waals surface area contributed by atoms with Gasteiger partial charge in [-0.15, -0.1) is 12.4 Å². The smallest absolute Gasteiger partial charge is 0.341 e. The van der Waals surface area contributed by atoms with E-state index in [0.717, 1.165) is 5.56 Å². The van der Waals surface area contributed by atoms with Crippen LogP contribution in [0.5, 0.6) is 5.75 Å². The zero-order valence-corrected chi connectivity index (χ0v) is 11.9. The Kier molecular flexibility index (Phi) is 7.44. The lowest BCUT2D eigenvalue weighted by Crippen LogP contribution is -2.42. The van der Waals surface area contributed by atoms with Crippen molar-refractivity contribution in [2.24, 2.45) is 0 Å².